The lowest BCUT2D eigenvalue weighted by Crippen LogP contribution is -2.08. The molecule has 0 unspecified atom stereocenters. The molecule has 1 aromatic rings. The Labute approximate surface area is 114 Å². The molecule has 0 radical (unpaired) electrons. The van der Waals surface area contributed by atoms with Gasteiger partial charge in [0.2, 0.25) is 5.88 Å². The van der Waals surface area contributed by atoms with E-state index in [2.05, 4.69) is 22.2 Å². The van der Waals surface area contributed by atoms with Crippen LogP contribution in [-0.4, -0.2) is 36.3 Å². The minimum Gasteiger partial charge on any atom is -0.478 e. The van der Waals surface area contributed by atoms with Gasteiger partial charge < -0.3 is 14.8 Å². The van der Waals surface area contributed by atoms with Crippen molar-refractivity contribution < 1.29 is 9.47 Å². The molecule has 1 N–H and O–H groups in total. The molecule has 5 nitrogen and oxygen atoms in total. The van der Waals surface area contributed by atoms with E-state index in [-0.39, 0.29) is 0 Å². The maximum Gasteiger partial charge on any atom is 0.218 e. The van der Waals surface area contributed by atoms with Gasteiger partial charge in [-0.3, -0.25) is 0 Å². The Hall–Kier alpha value is -1.36. The Morgan fingerprint density at radius 3 is 3.00 bits per heavy atom. The van der Waals surface area contributed by atoms with Gasteiger partial charge in [0.1, 0.15) is 12.1 Å². The van der Waals surface area contributed by atoms with Crippen molar-refractivity contribution >= 4 is 5.82 Å². The van der Waals surface area contributed by atoms with Crippen LogP contribution in [0, 0.1) is 5.92 Å². The van der Waals surface area contributed by atoms with Crippen molar-refractivity contribution in [3.05, 3.63) is 12.4 Å². The molecule has 19 heavy (non-hydrogen) atoms. The van der Waals surface area contributed by atoms with Crippen LogP contribution in [0.5, 0.6) is 5.88 Å². The van der Waals surface area contributed by atoms with Gasteiger partial charge in [-0.15, -0.1) is 0 Å². The molecule has 0 amide bonds. The first kappa shape index (κ1) is 14.1. The molecule has 0 saturated heterocycles. The highest BCUT2D eigenvalue weighted by molar-refractivity contribution is 5.36. The number of hydrogen-bond acceptors (Lipinski definition) is 5. The van der Waals surface area contributed by atoms with Gasteiger partial charge in [0, 0.05) is 25.8 Å². The molecule has 0 aliphatic heterocycles. The van der Waals surface area contributed by atoms with Crippen molar-refractivity contribution in [2.24, 2.45) is 5.92 Å². The van der Waals surface area contributed by atoms with E-state index in [9.17, 15) is 0 Å². The molecular formula is C14H23N3O2. The van der Waals surface area contributed by atoms with Gasteiger partial charge in [0.05, 0.1) is 6.61 Å². The second kappa shape index (κ2) is 7.94. The molecule has 1 saturated carbocycles. The monoisotopic (exact) mass is 265 g/mol. The average molecular weight is 265 g/mol. The summed E-state index contributed by atoms with van der Waals surface area (Å²) in [5, 5.41) is 3.25. The molecule has 106 valence electrons. The molecule has 1 aliphatic rings. The maximum atomic E-state index is 5.57. The first-order valence-corrected chi connectivity index (χ1v) is 7.15. The summed E-state index contributed by atoms with van der Waals surface area (Å²) in [4.78, 5) is 8.22. The van der Waals surface area contributed by atoms with Crippen molar-refractivity contribution in [1.82, 2.24) is 9.97 Å². The molecule has 1 heterocycles. The fraction of sp³-hybridized carbons (Fsp3) is 0.714. The Morgan fingerprint density at radius 1 is 1.32 bits per heavy atom. The molecule has 0 aromatic carbocycles. The van der Waals surface area contributed by atoms with E-state index in [0.29, 0.717) is 12.5 Å². The smallest absolute Gasteiger partial charge is 0.218 e. The zero-order valence-electron chi connectivity index (χ0n) is 11.6. The van der Waals surface area contributed by atoms with Crippen LogP contribution in [0.3, 0.4) is 0 Å². The van der Waals surface area contributed by atoms with E-state index >= 15 is 0 Å². The zero-order valence-corrected chi connectivity index (χ0v) is 11.6. The van der Waals surface area contributed by atoms with Gasteiger partial charge in [-0.2, -0.15) is 0 Å². The lowest BCUT2D eigenvalue weighted by Gasteiger charge is -2.08. The standard InChI is InChI=1S/C14H23N3O2/c1-2-7-19-14-9-13(16-11-17-14)15-6-3-8-18-10-12-4-5-12/h9,11-12H,2-8,10H2,1H3,(H,15,16,17). The van der Waals surface area contributed by atoms with E-state index in [4.69, 9.17) is 9.47 Å². The highest BCUT2D eigenvalue weighted by atomic mass is 16.5. The van der Waals surface area contributed by atoms with Crippen LogP contribution in [0.15, 0.2) is 12.4 Å². The van der Waals surface area contributed by atoms with Crippen molar-refractivity contribution in [3.63, 3.8) is 0 Å². The minimum atomic E-state index is 0.629. The van der Waals surface area contributed by atoms with Crippen LogP contribution in [0.2, 0.25) is 0 Å². The van der Waals surface area contributed by atoms with Crippen molar-refractivity contribution in [1.29, 1.82) is 0 Å². The largest absolute Gasteiger partial charge is 0.478 e. The Kier molecular flexibility index (Phi) is 5.88. The molecule has 0 bridgehead atoms. The number of ether oxygens (including phenoxy) is 2. The Balaban J connectivity index is 1.58. The fourth-order valence-electron chi connectivity index (χ4n) is 1.65. The number of nitrogens with one attached hydrogen (secondary N) is 1. The summed E-state index contributed by atoms with van der Waals surface area (Å²) in [6.07, 6.45) is 6.18. The van der Waals surface area contributed by atoms with E-state index in [1.807, 2.05) is 6.07 Å². The van der Waals surface area contributed by atoms with Crippen LogP contribution in [0.25, 0.3) is 0 Å². The summed E-state index contributed by atoms with van der Waals surface area (Å²) in [6, 6.07) is 1.83. The summed E-state index contributed by atoms with van der Waals surface area (Å²) in [6.45, 7) is 5.36. The second-order valence-electron chi connectivity index (χ2n) is 4.89. The van der Waals surface area contributed by atoms with E-state index < -0.39 is 0 Å². The number of nitrogens with zero attached hydrogens (tertiary/aromatic N) is 2. The van der Waals surface area contributed by atoms with Crippen molar-refractivity contribution in [3.8, 4) is 5.88 Å². The topological polar surface area (TPSA) is 56.3 Å². The number of aromatic nitrogens is 2. The van der Waals surface area contributed by atoms with Gasteiger partial charge in [0.25, 0.3) is 0 Å². The average Bonchev–Trinajstić information content (AvgIpc) is 3.25. The number of anilines is 1. The summed E-state index contributed by atoms with van der Waals surface area (Å²) in [5.74, 6) is 2.28. The van der Waals surface area contributed by atoms with Gasteiger partial charge in [-0.05, 0) is 31.6 Å². The first-order chi connectivity index (χ1) is 9.38. The Bertz CT molecular complexity index is 369. The lowest BCUT2D eigenvalue weighted by atomic mass is 10.4. The molecule has 1 aromatic heterocycles. The number of rotatable bonds is 10. The summed E-state index contributed by atoms with van der Waals surface area (Å²) in [7, 11) is 0. The van der Waals surface area contributed by atoms with E-state index in [1.54, 1.807) is 0 Å². The zero-order chi connectivity index (χ0) is 13.3. The number of hydrogen-bond donors (Lipinski definition) is 1. The third-order valence-electron chi connectivity index (χ3n) is 2.92. The highest BCUT2D eigenvalue weighted by Gasteiger charge is 2.20. The molecule has 2 rings (SSSR count). The van der Waals surface area contributed by atoms with Gasteiger partial charge in [0.15, 0.2) is 0 Å². The molecule has 1 aliphatic carbocycles. The van der Waals surface area contributed by atoms with E-state index in [0.717, 1.165) is 44.3 Å². The molecule has 5 heteroatoms. The van der Waals surface area contributed by atoms with Crippen molar-refractivity contribution in [2.75, 3.05) is 31.7 Å². The summed E-state index contributed by atoms with van der Waals surface area (Å²) >= 11 is 0. The van der Waals surface area contributed by atoms with Crippen LogP contribution < -0.4 is 10.1 Å². The summed E-state index contributed by atoms with van der Waals surface area (Å²) < 4.78 is 11.0. The van der Waals surface area contributed by atoms with Crippen LogP contribution in [-0.2, 0) is 4.74 Å². The van der Waals surface area contributed by atoms with Gasteiger partial charge in [-0.1, -0.05) is 6.92 Å². The van der Waals surface area contributed by atoms with Crippen molar-refractivity contribution in [2.45, 2.75) is 32.6 Å². The molecular weight excluding hydrogens is 242 g/mol. The quantitative estimate of drug-likeness (QED) is 0.659. The fourth-order valence-corrected chi connectivity index (χ4v) is 1.65. The van der Waals surface area contributed by atoms with Crippen LogP contribution in [0.1, 0.15) is 32.6 Å². The highest BCUT2D eigenvalue weighted by Crippen LogP contribution is 2.28. The lowest BCUT2D eigenvalue weighted by molar-refractivity contribution is 0.124. The predicted molar refractivity (Wildman–Crippen MR) is 74.5 cm³/mol. The molecule has 0 spiro atoms. The van der Waals surface area contributed by atoms with Crippen LogP contribution in [0.4, 0.5) is 5.82 Å². The third-order valence-corrected chi connectivity index (χ3v) is 2.92. The van der Waals surface area contributed by atoms with Gasteiger partial charge in [-0.25, -0.2) is 9.97 Å². The van der Waals surface area contributed by atoms with Gasteiger partial charge >= 0.3 is 0 Å². The minimum absolute atomic E-state index is 0.629. The predicted octanol–water partition coefficient (Wildman–Crippen LogP) is 2.49. The normalized spacial score (nSPS) is 14.4. The first-order valence-electron chi connectivity index (χ1n) is 7.15. The van der Waals surface area contributed by atoms with E-state index in [1.165, 1.54) is 19.2 Å². The molecule has 1 fully saturated rings. The molecule has 0 atom stereocenters. The SMILES string of the molecule is CCCOc1cc(NCCCOCC2CC2)ncn1. The second-order valence-corrected chi connectivity index (χ2v) is 4.89. The summed E-state index contributed by atoms with van der Waals surface area (Å²) in [5.41, 5.74) is 0. The Morgan fingerprint density at radius 2 is 2.21 bits per heavy atom. The van der Waals surface area contributed by atoms with Crippen LogP contribution >= 0.6 is 0 Å². The third kappa shape index (κ3) is 5.87. The maximum absolute atomic E-state index is 5.57.